The Labute approximate surface area is 168 Å². The van der Waals surface area contributed by atoms with Gasteiger partial charge in [0.05, 0.1) is 6.61 Å². The molecule has 0 aromatic carbocycles. The molecule has 0 amide bonds. The molecule has 0 radical (unpaired) electrons. The SMILES string of the molecule is O=C(O)C1=C[C@H](O)[C@@H](OS(=O)(=O)O)[C@H](O[C@H]2[C@H](O)[C@H](NS(=O)(=O)O)[C@H]3OC[C@H]2O3)O1. The zero-order valence-electron chi connectivity index (χ0n) is 14.5. The Balaban J connectivity index is 1.86. The van der Waals surface area contributed by atoms with E-state index in [-0.39, 0.29) is 6.61 Å². The monoisotopic (exact) mass is 479 g/mol. The van der Waals surface area contributed by atoms with Gasteiger partial charge in [-0.15, -0.1) is 0 Å². The van der Waals surface area contributed by atoms with Crippen LogP contribution in [0.3, 0.4) is 0 Å². The van der Waals surface area contributed by atoms with Crippen molar-refractivity contribution in [2.75, 3.05) is 6.61 Å². The molecule has 0 spiro atoms. The van der Waals surface area contributed by atoms with Crippen molar-refractivity contribution in [1.82, 2.24) is 4.72 Å². The van der Waals surface area contributed by atoms with Gasteiger partial charge in [0.2, 0.25) is 12.0 Å². The Morgan fingerprint density at radius 1 is 1.17 bits per heavy atom. The van der Waals surface area contributed by atoms with Crippen molar-refractivity contribution >= 4 is 26.7 Å². The van der Waals surface area contributed by atoms with Crippen molar-refractivity contribution in [2.45, 2.75) is 49.1 Å². The van der Waals surface area contributed by atoms with E-state index in [9.17, 15) is 31.8 Å². The van der Waals surface area contributed by atoms with Crippen LogP contribution in [0.4, 0.5) is 0 Å². The van der Waals surface area contributed by atoms with E-state index in [1.54, 1.807) is 4.72 Å². The second kappa shape index (κ2) is 8.24. The molecule has 172 valence electrons. The standard InChI is InChI=1S/C12H17NO15S2/c14-3-1-4(10(16)17)25-12(8(3)28-30(21,22)23)27-9-5-2-24-11(26-5)6(7(9)15)13-29(18,19)20/h1,3,5-9,11-15H,2H2,(H,16,17)(H,18,19,20)(H,21,22,23)/t3-,5+,6-,7+,8+,9+,11-,12-/m0/s1. The summed E-state index contributed by atoms with van der Waals surface area (Å²) in [6.07, 6.45) is -11.1. The number of aliphatic hydroxyl groups is 2. The van der Waals surface area contributed by atoms with Crippen molar-refractivity contribution in [3.05, 3.63) is 11.8 Å². The van der Waals surface area contributed by atoms with Crippen LogP contribution in [0.2, 0.25) is 0 Å². The molecular formula is C12H17NO15S2. The van der Waals surface area contributed by atoms with Gasteiger partial charge < -0.3 is 34.3 Å². The van der Waals surface area contributed by atoms with Crippen molar-refractivity contribution < 1.29 is 69.2 Å². The van der Waals surface area contributed by atoms with Crippen LogP contribution in [0, 0.1) is 0 Å². The van der Waals surface area contributed by atoms with Crippen molar-refractivity contribution in [2.24, 2.45) is 0 Å². The molecule has 0 aromatic rings. The minimum Gasteiger partial charge on any atom is -0.475 e. The molecule has 3 heterocycles. The number of carboxylic acids is 1. The van der Waals surface area contributed by atoms with Crippen LogP contribution in [0.1, 0.15) is 0 Å². The molecule has 8 atom stereocenters. The third kappa shape index (κ3) is 5.23. The number of fused-ring (bicyclic) bond motifs is 2. The Kier molecular flexibility index (Phi) is 6.38. The number of nitrogens with one attached hydrogen (secondary N) is 1. The zero-order chi connectivity index (χ0) is 22.4. The van der Waals surface area contributed by atoms with E-state index in [4.69, 9.17) is 33.2 Å². The molecule has 2 saturated heterocycles. The van der Waals surface area contributed by atoms with E-state index in [1.165, 1.54) is 0 Å². The van der Waals surface area contributed by atoms with Crippen molar-refractivity contribution in [1.29, 1.82) is 0 Å². The fraction of sp³-hybridized carbons (Fsp3) is 0.750. The molecule has 2 bridgehead atoms. The Morgan fingerprint density at radius 2 is 1.83 bits per heavy atom. The number of carbonyl (C=O) groups is 1. The molecule has 2 fully saturated rings. The first kappa shape index (κ1) is 23.2. The van der Waals surface area contributed by atoms with Crippen LogP contribution in [-0.4, -0.2) is 103 Å². The number of ether oxygens (including phenoxy) is 4. The first-order valence-electron chi connectivity index (χ1n) is 8.06. The molecule has 0 saturated carbocycles. The van der Waals surface area contributed by atoms with Crippen LogP contribution >= 0.6 is 0 Å². The summed E-state index contributed by atoms with van der Waals surface area (Å²) in [4.78, 5) is 11.2. The maximum absolute atomic E-state index is 11.2. The number of carboxylic acid groups (broad SMARTS) is 1. The number of aliphatic carboxylic acids is 1. The first-order chi connectivity index (χ1) is 13.7. The van der Waals surface area contributed by atoms with E-state index in [0.29, 0.717) is 6.08 Å². The molecule has 3 aliphatic rings. The minimum absolute atomic E-state index is 0.239. The van der Waals surface area contributed by atoms with E-state index >= 15 is 0 Å². The van der Waals surface area contributed by atoms with Crippen LogP contribution in [0.25, 0.3) is 0 Å². The lowest BCUT2D eigenvalue weighted by atomic mass is 9.99. The van der Waals surface area contributed by atoms with E-state index in [2.05, 4.69) is 4.18 Å². The second-order valence-electron chi connectivity index (χ2n) is 6.39. The fourth-order valence-electron chi connectivity index (χ4n) is 3.12. The lowest BCUT2D eigenvalue weighted by Gasteiger charge is -2.41. The maximum atomic E-state index is 11.2. The highest BCUT2D eigenvalue weighted by Gasteiger charge is 2.54. The summed E-state index contributed by atoms with van der Waals surface area (Å²) in [7, 11) is -9.99. The number of rotatable bonds is 7. The highest BCUT2D eigenvalue weighted by Crippen LogP contribution is 2.33. The van der Waals surface area contributed by atoms with Crippen LogP contribution in [0.15, 0.2) is 11.8 Å². The van der Waals surface area contributed by atoms with Gasteiger partial charge in [-0.2, -0.15) is 21.6 Å². The largest absolute Gasteiger partial charge is 0.475 e. The number of aliphatic hydroxyl groups excluding tert-OH is 2. The molecular weight excluding hydrogens is 462 g/mol. The van der Waals surface area contributed by atoms with Crippen LogP contribution in [0.5, 0.6) is 0 Å². The zero-order valence-corrected chi connectivity index (χ0v) is 16.2. The Hall–Kier alpha value is -1.45. The average molecular weight is 479 g/mol. The number of hydrogen-bond donors (Lipinski definition) is 6. The second-order valence-corrected chi connectivity index (χ2v) is 8.62. The topological polar surface area (TPSA) is 245 Å². The number of hydrogen-bond acceptors (Lipinski definition) is 12. The van der Waals surface area contributed by atoms with Crippen molar-refractivity contribution in [3.8, 4) is 0 Å². The molecule has 16 nitrogen and oxygen atoms in total. The van der Waals surface area contributed by atoms with E-state index in [0.717, 1.165) is 0 Å². The van der Waals surface area contributed by atoms with Gasteiger partial charge in [-0.25, -0.2) is 8.98 Å². The van der Waals surface area contributed by atoms with Gasteiger partial charge in [-0.1, -0.05) is 0 Å². The van der Waals surface area contributed by atoms with Crippen LogP contribution < -0.4 is 4.72 Å². The van der Waals surface area contributed by atoms with Gasteiger partial charge >= 0.3 is 26.7 Å². The average Bonchev–Trinajstić information content (AvgIpc) is 3.02. The summed E-state index contributed by atoms with van der Waals surface area (Å²) in [5.41, 5.74) is 0. The molecule has 18 heteroatoms. The van der Waals surface area contributed by atoms with E-state index < -0.39 is 81.6 Å². The lowest BCUT2D eigenvalue weighted by Crippen LogP contribution is -2.62. The summed E-state index contributed by atoms with van der Waals surface area (Å²) in [5, 5.41) is 29.6. The molecule has 0 aromatic heterocycles. The molecule has 30 heavy (non-hydrogen) atoms. The van der Waals surface area contributed by atoms with E-state index in [1.807, 2.05) is 0 Å². The van der Waals surface area contributed by atoms with Gasteiger partial charge in [0.25, 0.3) is 0 Å². The summed E-state index contributed by atoms with van der Waals surface area (Å²) < 4.78 is 89.0. The minimum atomic E-state index is -5.17. The highest BCUT2D eigenvalue weighted by molar-refractivity contribution is 7.83. The normalized spacial score (nSPS) is 39.3. The third-order valence-electron chi connectivity index (χ3n) is 4.29. The third-order valence-corrected chi connectivity index (χ3v) is 5.32. The van der Waals surface area contributed by atoms with Gasteiger partial charge in [0.1, 0.15) is 30.5 Å². The van der Waals surface area contributed by atoms with Gasteiger partial charge in [0.15, 0.2) is 12.4 Å². The smallest absolute Gasteiger partial charge is 0.397 e. The summed E-state index contributed by atoms with van der Waals surface area (Å²) >= 11 is 0. The molecule has 0 unspecified atom stereocenters. The highest BCUT2D eigenvalue weighted by atomic mass is 32.3. The predicted octanol–water partition coefficient (Wildman–Crippen LogP) is -3.88. The first-order valence-corrected chi connectivity index (χ1v) is 10.9. The van der Waals surface area contributed by atoms with Crippen LogP contribution in [-0.2, 0) is 48.6 Å². The van der Waals surface area contributed by atoms with Gasteiger partial charge in [-0.05, 0) is 6.08 Å². The quantitative estimate of drug-likeness (QED) is 0.191. The van der Waals surface area contributed by atoms with Gasteiger partial charge in [-0.3, -0.25) is 9.11 Å². The summed E-state index contributed by atoms with van der Waals surface area (Å²) in [6, 6.07) is -1.58. The maximum Gasteiger partial charge on any atom is 0.397 e. The fourth-order valence-corrected chi connectivity index (χ4v) is 4.20. The van der Waals surface area contributed by atoms with Crippen molar-refractivity contribution in [3.63, 3.8) is 0 Å². The van der Waals surface area contributed by atoms with Gasteiger partial charge in [0, 0.05) is 0 Å². The summed E-state index contributed by atoms with van der Waals surface area (Å²) in [5.74, 6) is -2.52. The molecule has 3 rings (SSSR count). The predicted molar refractivity (Wildman–Crippen MR) is 87.0 cm³/mol. The lowest BCUT2D eigenvalue weighted by molar-refractivity contribution is -0.270. The Morgan fingerprint density at radius 3 is 2.40 bits per heavy atom. The molecule has 0 aliphatic carbocycles. The Bertz CT molecular complexity index is 916. The summed E-state index contributed by atoms with van der Waals surface area (Å²) in [6.45, 7) is -0.239. The molecule has 6 N–H and O–H groups in total. The molecule has 3 aliphatic heterocycles.